The fourth-order valence-electron chi connectivity index (χ4n) is 1.70. The van der Waals surface area contributed by atoms with Gasteiger partial charge in [0, 0.05) is 17.4 Å². The molecule has 1 heterocycles. The van der Waals surface area contributed by atoms with Crippen LogP contribution in [0.25, 0.3) is 11.3 Å². The minimum Gasteiger partial charge on any atom is -0.456 e. The molecule has 0 aliphatic heterocycles. The van der Waals surface area contributed by atoms with Gasteiger partial charge in [0.1, 0.15) is 0 Å². The van der Waals surface area contributed by atoms with Gasteiger partial charge in [-0.2, -0.15) is 0 Å². The highest BCUT2D eigenvalue weighted by Gasteiger charge is 2.11. The van der Waals surface area contributed by atoms with E-state index in [0.29, 0.717) is 33.7 Å². The number of carbonyl (C=O) groups is 2. The van der Waals surface area contributed by atoms with Crippen LogP contribution < -0.4 is 5.32 Å². The molecule has 0 bridgehead atoms. The molecule has 0 aliphatic carbocycles. The molecular formula is C15H14Cl2N2O3S. The van der Waals surface area contributed by atoms with E-state index >= 15 is 0 Å². The van der Waals surface area contributed by atoms with E-state index in [1.165, 1.54) is 11.3 Å². The van der Waals surface area contributed by atoms with Crippen LogP contribution >= 0.6 is 34.5 Å². The van der Waals surface area contributed by atoms with Gasteiger partial charge < -0.3 is 4.74 Å². The number of rotatable bonds is 6. The van der Waals surface area contributed by atoms with E-state index in [2.05, 4.69) is 10.3 Å². The summed E-state index contributed by atoms with van der Waals surface area (Å²) in [4.78, 5) is 27.2. The second-order valence-electron chi connectivity index (χ2n) is 4.63. The highest BCUT2D eigenvalue weighted by molar-refractivity contribution is 7.14. The number of esters is 1. The van der Waals surface area contributed by atoms with Crippen LogP contribution in [0.4, 0.5) is 5.13 Å². The number of hydrogen-bond acceptors (Lipinski definition) is 5. The second-order valence-corrected chi connectivity index (χ2v) is 6.30. The van der Waals surface area contributed by atoms with Gasteiger partial charge in [-0.25, -0.2) is 4.98 Å². The predicted octanol–water partition coefficient (Wildman–Crippen LogP) is 4.40. The molecule has 1 aromatic carbocycles. The molecule has 2 aromatic rings. The van der Waals surface area contributed by atoms with Crippen molar-refractivity contribution in [1.29, 1.82) is 0 Å². The third-order valence-corrected chi connectivity index (χ3v) is 4.28. The van der Waals surface area contributed by atoms with Crippen LogP contribution in [0.3, 0.4) is 0 Å². The Morgan fingerprint density at radius 2 is 2.09 bits per heavy atom. The summed E-state index contributed by atoms with van der Waals surface area (Å²) in [7, 11) is 0. The number of carbonyl (C=O) groups excluding carboxylic acids is 2. The highest BCUT2D eigenvalue weighted by Crippen LogP contribution is 2.30. The summed E-state index contributed by atoms with van der Waals surface area (Å²) in [5.41, 5.74) is 1.47. The zero-order valence-electron chi connectivity index (χ0n) is 12.3. The highest BCUT2D eigenvalue weighted by atomic mass is 35.5. The first-order chi connectivity index (χ1) is 11.0. The molecule has 5 nitrogen and oxygen atoms in total. The van der Waals surface area contributed by atoms with Gasteiger partial charge in [-0.3, -0.25) is 14.9 Å². The molecule has 2 rings (SSSR count). The minimum atomic E-state index is -0.426. The number of anilines is 1. The molecule has 0 fully saturated rings. The van der Waals surface area contributed by atoms with E-state index < -0.39 is 11.9 Å². The average Bonchev–Trinajstić information content (AvgIpc) is 2.97. The Morgan fingerprint density at radius 1 is 1.30 bits per heavy atom. The lowest BCUT2D eigenvalue weighted by molar-refractivity contribution is -0.147. The monoisotopic (exact) mass is 372 g/mol. The number of hydrogen-bond donors (Lipinski definition) is 1. The van der Waals surface area contributed by atoms with Crippen LogP contribution in [0.5, 0.6) is 0 Å². The van der Waals surface area contributed by atoms with Crippen molar-refractivity contribution in [1.82, 2.24) is 4.98 Å². The molecule has 0 radical (unpaired) electrons. The molecule has 0 unspecified atom stereocenters. The summed E-state index contributed by atoms with van der Waals surface area (Å²) in [5.74, 6) is -0.817. The molecule has 1 N–H and O–H groups in total. The second kappa shape index (κ2) is 8.29. The van der Waals surface area contributed by atoms with Crippen molar-refractivity contribution >= 4 is 51.5 Å². The first-order valence-corrected chi connectivity index (χ1v) is 8.49. The summed E-state index contributed by atoms with van der Waals surface area (Å²) in [6, 6.07) is 5.18. The first kappa shape index (κ1) is 17.7. The Hall–Kier alpha value is -1.63. The summed E-state index contributed by atoms with van der Waals surface area (Å²) in [6.45, 7) is 1.54. The fourth-order valence-corrected chi connectivity index (χ4v) is 2.73. The quantitative estimate of drug-likeness (QED) is 0.762. The third-order valence-electron chi connectivity index (χ3n) is 2.78. The summed E-state index contributed by atoms with van der Waals surface area (Å²) in [5, 5.41) is 5.70. The summed E-state index contributed by atoms with van der Waals surface area (Å²) >= 11 is 13.1. The molecule has 0 saturated carbocycles. The normalized spacial score (nSPS) is 10.4. The van der Waals surface area contributed by atoms with Crippen LogP contribution in [-0.4, -0.2) is 23.5 Å². The van der Waals surface area contributed by atoms with Crippen LogP contribution in [0.2, 0.25) is 10.0 Å². The molecule has 0 spiro atoms. The van der Waals surface area contributed by atoms with E-state index in [9.17, 15) is 9.59 Å². The number of nitrogens with zero attached hydrogens (tertiary/aromatic N) is 1. The van der Waals surface area contributed by atoms with E-state index in [1.54, 1.807) is 23.6 Å². The molecule has 0 aliphatic rings. The van der Waals surface area contributed by atoms with Crippen molar-refractivity contribution in [2.75, 3.05) is 11.9 Å². The third kappa shape index (κ3) is 5.20. The molecule has 8 heteroatoms. The van der Waals surface area contributed by atoms with Crippen LogP contribution in [-0.2, 0) is 14.3 Å². The molecule has 1 amide bonds. The maximum absolute atomic E-state index is 11.7. The zero-order chi connectivity index (χ0) is 16.8. The minimum absolute atomic E-state index is 0.298. The number of benzene rings is 1. The van der Waals surface area contributed by atoms with Crippen molar-refractivity contribution in [2.45, 2.75) is 19.8 Å². The number of thiazole rings is 1. The van der Waals surface area contributed by atoms with Gasteiger partial charge in [-0.15, -0.1) is 11.3 Å². The zero-order valence-corrected chi connectivity index (χ0v) is 14.6. The Bertz CT molecular complexity index is 718. The first-order valence-electron chi connectivity index (χ1n) is 6.86. The molecule has 0 saturated heterocycles. The lowest BCUT2D eigenvalue weighted by Gasteiger charge is -2.03. The van der Waals surface area contributed by atoms with E-state index in [4.69, 9.17) is 27.9 Å². The van der Waals surface area contributed by atoms with Gasteiger partial charge in [0.05, 0.1) is 15.7 Å². The standard InChI is InChI=1S/C15H14Cl2N2O3S/c1-2-3-14(21)22-7-13(20)19-15-18-12(8-23-15)9-4-5-10(16)11(17)6-9/h4-6,8H,2-3,7H2,1H3,(H,18,19,20). The summed E-state index contributed by atoms with van der Waals surface area (Å²) in [6.07, 6.45) is 0.978. The Morgan fingerprint density at radius 3 is 2.78 bits per heavy atom. The molecule has 23 heavy (non-hydrogen) atoms. The van der Waals surface area contributed by atoms with E-state index in [-0.39, 0.29) is 6.61 Å². The van der Waals surface area contributed by atoms with Gasteiger partial charge in [0.2, 0.25) is 0 Å². The maximum Gasteiger partial charge on any atom is 0.306 e. The smallest absolute Gasteiger partial charge is 0.306 e. The van der Waals surface area contributed by atoms with Gasteiger partial charge in [0.25, 0.3) is 5.91 Å². The summed E-state index contributed by atoms with van der Waals surface area (Å²) < 4.78 is 4.83. The number of nitrogens with one attached hydrogen (secondary N) is 1. The Balaban J connectivity index is 1.95. The van der Waals surface area contributed by atoms with Crippen molar-refractivity contribution in [3.63, 3.8) is 0 Å². The van der Waals surface area contributed by atoms with Gasteiger partial charge >= 0.3 is 5.97 Å². The topological polar surface area (TPSA) is 68.3 Å². The number of aromatic nitrogens is 1. The van der Waals surface area contributed by atoms with Crippen molar-refractivity contribution in [2.24, 2.45) is 0 Å². The molecular weight excluding hydrogens is 359 g/mol. The van der Waals surface area contributed by atoms with Crippen LogP contribution in [0.15, 0.2) is 23.6 Å². The number of halogens is 2. The average molecular weight is 373 g/mol. The van der Waals surface area contributed by atoms with Crippen molar-refractivity contribution in [3.05, 3.63) is 33.6 Å². The lowest BCUT2D eigenvalue weighted by atomic mass is 10.2. The number of ether oxygens (including phenoxy) is 1. The van der Waals surface area contributed by atoms with Crippen LogP contribution in [0.1, 0.15) is 19.8 Å². The lowest BCUT2D eigenvalue weighted by Crippen LogP contribution is -2.20. The predicted molar refractivity (Wildman–Crippen MR) is 92.1 cm³/mol. The molecule has 1 aromatic heterocycles. The Kier molecular flexibility index (Phi) is 6.38. The van der Waals surface area contributed by atoms with E-state index in [0.717, 1.165) is 5.56 Å². The Labute approximate surface area is 147 Å². The SMILES string of the molecule is CCCC(=O)OCC(=O)Nc1nc(-c2ccc(Cl)c(Cl)c2)cs1. The largest absolute Gasteiger partial charge is 0.456 e. The van der Waals surface area contributed by atoms with Crippen molar-refractivity contribution < 1.29 is 14.3 Å². The number of amides is 1. The van der Waals surface area contributed by atoms with E-state index in [1.807, 2.05) is 6.92 Å². The molecule has 122 valence electrons. The van der Waals surface area contributed by atoms with Gasteiger partial charge in [-0.1, -0.05) is 36.2 Å². The van der Waals surface area contributed by atoms with Crippen molar-refractivity contribution in [3.8, 4) is 11.3 Å². The fraction of sp³-hybridized carbons (Fsp3) is 0.267. The van der Waals surface area contributed by atoms with Gasteiger partial charge in [0.15, 0.2) is 11.7 Å². The van der Waals surface area contributed by atoms with Gasteiger partial charge in [-0.05, 0) is 18.6 Å². The van der Waals surface area contributed by atoms with Crippen LogP contribution in [0, 0.1) is 0 Å². The molecule has 0 atom stereocenters. The maximum atomic E-state index is 11.7.